The normalized spacial score (nSPS) is 15.1. The fourth-order valence-electron chi connectivity index (χ4n) is 2.68. The van der Waals surface area contributed by atoms with E-state index in [0.717, 1.165) is 29.3 Å². The Hall–Kier alpha value is -2.65. The second kappa shape index (κ2) is 9.89. The van der Waals surface area contributed by atoms with Gasteiger partial charge >= 0.3 is 0 Å². The van der Waals surface area contributed by atoms with Gasteiger partial charge in [-0.15, -0.1) is 13.0 Å². The smallest absolute Gasteiger partial charge is 0.293 e. The topological polar surface area (TPSA) is 55.8 Å². The first-order valence-electron chi connectivity index (χ1n) is 8.77. The van der Waals surface area contributed by atoms with Crippen molar-refractivity contribution in [3.05, 3.63) is 40.8 Å². The summed E-state index contributed by atoms with van der Waals surface area (Å²) >= 11 is 0.953. The molecule has 0 N–H and O–H groups in total. The molecule has 0 saturated carbocycles. The monoisotopic (exact) mass is 385 g/mol. The van der Waals surface area contributed by atoms with E-state index in [2.05, 4.69) is 12.5 Å². The third kappa shape index (κ3) is 4.95. The average molecular weight is 385 g/mol. The Kier molecular flexibility index (Phi) is 7.56. The second-order valence-corrected chi connectivity index (χ2v) is 6.75. The number of terminal acetylenes is 1. The van der Waals surface area contributed by atoms with Crippen LogP contribution >= 0.6 is 11.8 Å². The quantitative estimate of drug-likeness (QED) is 0.361. The third-order valence-corrected chi connectivity index (χ3v) is 4.64. The molecule has 1 aromatic rings. The summed E-state index contributed by atoms with van der Waals surface area (Å²) < 4.78 is 11.4. The van der Waals surface area contributed by atoms with Gasteiger partial charge in [0, 0.05) is 12.1 Å². The van der Waals surface area contributed by atoms with Crippen LogP contribution < -0.4 is 9.47 Å². The molecule has 0 aromatic heterocycles. The molecule has 0 spiro atoms. The maximum Gasteiger partial charge on any atom is 0.293 e. The number of hydrogen-bond donors (Lipinski definition) is 0. The van der Waals surface area contributed by atoms with Gasteiger partial charge in [0.15, 0.2) is 11.5 Å². The van der Waals surface area contributed by atoms with E-state index in [1.54, 1.807) is 18.2 Å². The second-order valence-electron chi connectivity index (χ2n) is 5.76. The molecule has 27 heavy (non-hydrogen) atoms. The first kappa shape index (κ1) is 20.7. The molecule has 1 fully saturated rings. The number of carbonyl (C=O) groups is 2. The Labute approximate surface area is 164 Å². The molecule has 0 atom stereocenters. The van der Waals surface area contributed by atoms with Gasteiger partial charge in [-0.1, -0.05) is 18.9 Å². The van der Waals surface area contributed by atoms with Crippen molar-refractivity contribution in [3.63, 3.8) is 0 Å². The molecule has 0 aliphatic carbocycles. The van der Waals surface area contributed by atoms with Crippen molar-refractivity contribution in [2.24, 2.45) is 0 Å². The molecular formula is C21H23NO4S. The number of hydrogen-bond acceptors (Lipinski definition) is 5. The van der Waals surface area contributed by atoms with Gasteiger partial charge in [0.1, 0.15) is 6.61 Å². The van der Waals surface area contributed by atoms with E-state index in [1.165, 1.54) is 4.90 Å². The van der Waals surface area contributed by atoms with Gasteiger partial charge in [-0.05, 0) is 55.3 Å². The molecule has 2 rings (SSSR count). The van der Waals surface area contributed by atoms with Gasteiger partial charge in [-0.3, -0.25) is 14.5 Å². The summed E-state index contributed by atoms with van der Waals surface area (Å²) in [6.45, 7) is 8.58. The lowest BCUT2D eigenvalue weighted by atomic mass is 10.0. The van der Waals surface area contributed by atoms with Crippen molar-refractivity contribution < 1.29 is 19.1 Å². The molecule has 1 aliphatic rings. The highest BCUT2D eigenvalue weighted by Crippen LogP contribution is 2.37. The minimum Gasteiger partial charge on any atom is -0.490 e. The maximum absolute atomic E-state index is 12.5. The summed E-state index contributed by atoms with van der Waals surface area (Å²) in [6, 6.07) is 3.68. The number of imide groups is 1. The molecular weight excluding hydrogens is 362 g/mol. The van der Waals surface area contributed by atoms with Crippen molar-refractivity contribution in [2.75, 3.05) is 19.8 Å². The van der Waals surface area contributed by atoms with Gasteiger partial charge in [-0.2, -0.15) is 0 Å². The Morgan fingerprint density at radius 1 is 1.30 bits per heavy atom. The molecule has 0 radical (unpaired) electrons. The van der Waals surface area contributed by atoms with Crippen LogP contribution in [0.1, 0.15) is 31.4 Å². The molecule has 6 heteroatoms. The van der Waals surface area contributed by atoms with Crippen LogP contribution in [0.15, 0.2) is 29.7 Å². The largest absolute Gasteiger partial charge is 0.490 e. The summed E-state index contributed by atoms with van der Waals surface area (Å²) in [5.74, 6) is 3.31. The number of nitrogens with zero attached hydrogens (tertiary/aromatic N) is 1. The van der Waals surface area contributed by atoms with Gasteiger partial charge in [0.05, 0.1) is 11.5 Å². The molecule has 0 bridgehead atoms. The fourth-order valence-corrected chi connectivity index (χ4v) is 3.55. The number of benzene rings is 1. The lowest BCUT2D eigenvalue weighted by Gasteiger charge is -2.15. The van der Waals surface area contributed by atoms with Crippen LogP contribution in [-0.2, 0) is 11.2 Å². The van der Waals surface area contributed by atoms with Crippen molar-refractivity contribution in [3.8, 4) is 23.8 Å². The first-order chi connectivity index (χ1) is 13.0. The van der Waals surface area contributed by atoms with Crippen LogP contribution in [0.2, 0.25) is 0 Å². The highest BCUT2D eigenvalue weighted by Gasteiger charge is 2.34. The van der Waals surface area contributed by atoms with Gasteiger partial charge in [0.2, 0.25) is 0 Å². The fraction of sp³-hybridized carbons (Fsp3) is 0.333. The number of rotatable bonds is 9. The number of allylic oxidation sites excluding steroid dienone is 1. The molecule has 142 valence electrons. The summed E-state index contributed by atoms with van der Waals surface area (Å²) in [5.41, 5.74) is 1.61. The van der Waals surface area contributed by atoms with E-state index in [1.807, 2.05) is 19.9 Å². The zero-order chi connectivity index (χ0) is 19.8. The Morgan fingerprint density at radius 3 is 2.70 bits per heavy atom. The molecule has 1 saturated heterocycles. The van der Waals surface area contributed by atoms with Crippen LogP contribution in [0.4, 0.5) is 4.79 Å². The van der Waals surface area contributed by atoms with Crippen LogP contribution in [0, 0.1) is 12.3 Å². The van der Waals surface area contributed by atoms with Crippen LogP contribution in [0.3, 0.4) is 0 Å². The van der Waals surface area contributed by atoms with Gasteiger partial charge in [0.25, 0.3) is 11.1 Å². The first-order valence-corrected chi connectivity index (χ1v) is 9.59. The van der Waals surface area contributed by atoms with E-state index in [0.29, 0.717) is 36.0 Å². The van der Waals surface area contributed by atoms with Gasteiger partial charge in [-0.25, -0.2) is 0 Å². The maximum atomic E-state index is 12.5. The van der Waals surface area contributed by atoms with E-state index in [9.17, 15) is 9.59 Å². The van der Waals surface area contributed by atoms with Crippen molar-refractivity contribution in [1.29, 1.82) is 0 Å². The third-order valence-electron chi connectivity index (χ3n) is 3.74. The molecule has 5 nitrogen and oxygen atoms in total. The van der Waals surface area contributed by atoms with E-state index < -0.39 is 0 Å². The number of amides is 2. The number of carbonyl (C=O) groups excluding carboxylic acids is 2. The number of thioether (sulfide) groups is 1. The Morgan fingerprint density at radius 2 is 2.07 bits per heavy atom. The summed E-state index contributed by atoms with van der Waals surface area (Å²) in [6.07, 6.45) is 10.1. The predicted molar refractivity (Wildman–Crippen MR) is 109 cm³/mol. The minimum absolute atomic E-state index is 0.124. The van der Waals surface area contributed by atoms with Crippen LogP contribution in [0.5, 0.6) is 11.5 Å². The molecule has 1 aliphatic heterocycles. The Balaban J connectivity index is 2.45. The summed E-state index contributed by atoms with van der Waals surface area (Å²) in [5, 5.41) is -0.238. The standard InChI is InChI=1S/C21H23NO4S/c1-5-9-16-12-15(13-17(25-8-4)19(16)26-11-7-3)14-18-20(23)22(10-6-2)21(24)27-18/h3,5,12-14H,1,6,8-11H2,2,4H3/b18-14+. The molecule has 1 heterocycles. The lowest BCUT2D eigenvalue weighted by Crippen LogP contribution is -2.28. The van der Waals surface area contributed by atoms with E-state index >= 15 is 0 Å². The molecule has 1 aromatic carbocycles. The zero-order valence-corrected chi connectivity index (χ0v) is 16.4. The highest BCUT2D eigenvalue weighted by molar-refractivity contribution is 8.18. The number of ether oxygens (including phenoxy) is 2. The SMILES string of the molecule is C#CCOc1c(CC=C)cc(/C=C2/SC(=O)N(CCC)C2=O)cc1OCC. The predicted octanol–water partition coefficient (Wildman–Crippen LogP) is 4.27. The zero-order valence-electron chi connectivity index (χ0n) is 15.6. The van der Waals surface area contributed by atoms with E-state index in [4.69, 9.17) is 15.9 Å². The molecule has 0 unspecified atom stereocenters. The average Bonchev–Trinajstić information content (AvgIpc) is 2.89. The van der Waals surface area contributed by atoms with Crippen LogP contribution in [-0.4, -0.2) is 35.8 Å². The van der Waals surface area contributed by atoms with Crippen molar-refractivity contribution in [1.82, 2.24) is 4.90 Å². The van der Waals surface area contributed by atoms with Crippen molar-refractivity contribution >= 4 is 29.0 Å². The molecule has 2 amide bonds. The summed E-state index contributed by atoms with van der Waals surface area (Å²) in [7, 11) is 0. The highest BCUT2D eigenvalue weighted by atomic mass is 32.2. The lowest BCUT2D eigenvalue weighted by molar-refractivity contribution is -0.122. The summed E-state index contributed by atoms with van der Waals surface area (Å²) in [4.78, 5) is 26.2. The van der Waals surface area contributed by atoms with Crippen LogP contribution in [0.25, 0.3) is 6.08 Å². The Bertz CT molecular complexity index is 807. The van der Waals surface area contributed by atoms with Crippen molar-refractivity contribution in [2.45, 2.75) is 26.7 Å². The van der Waals surface area contributed by atoms with E-state index in [-0.39, 0.29) is 17.8 Å². The van der Waals surface area contributed by atoms with Gasteiger partial charge < -0.3 is 9.47 Å². The minimum atomic E-state index is -0.261.